The summed E-state index contributed by atoms with van der Waals surface area (Å²) in [6.07, 6.45) is 0. The molecule has 4 rings (SSSR count). The standard InChI is InChI=1S/C19H16N2O5S/c1-23-12-4-5-13(16(8-12)24-2)14-9-27-19(20-14)21-18(22)11-3-6-15-17(7-11)26-10-25-15/h3-9H,10H2,1-2H3,(H,20,21,22). The third-order valence-electron chi connectivity index (χ3n) is 4.04. The lowest BCUT2D eigenvalue weighted by Gasteiger charge is -2.08. The van der Waals surface area contributed by atoms with Crippen LogP contribution >= 0.6 is 11.3 Å². The summed E-state index contributed by atoms with van der Waals surface area (Å²) in [5.41, 5.74) is 2.00. The van der Waals surface area contributed by atoms with Crippen LogP contribution in [0, 0.1) is 0 Å². The highest BCUT2D eigenvalue weighted by molar-refractivity contribution is 7.14. The number of hydrogen-bond acceptors (Lipinski definition) is 7. The normalized spacial score (nSPS) is 11.9. The molecule has 8 heteroatoms. The molecule has 0 fully saturated rings. The molecule has 0 saturated heterocycles. The van der Waals surface area contributed by atoms with Gasteiger partial charge in [-0.15, -0.1) is 11.3 Å². The quantitative estimate of drug-likeness (QED) is 0.721. The van der Waals surface area contributed by atoms with Crippen LogP contribution in [0.1, 0.15) is 10.4 Å². The van der Waals surface area contributed by atoms with Crippen molar-refractivity contribution in [2.75, 3.05) is 26.3 Å². The fraction of sp³-hybridized carbons (Fsp3) is 0.158. The Labute approximate surface area is 159 Å². The SMILES string of the molecule is COc1ccc(-c2csc(NC(=O)c3ccc4c(c3)OCO4)n2)c(OC)c1. The maximum Gasteiger partial charge on any atom is 0.257 e. The van der Waals surface area contributed by atoms with E-state index in [4.69, 9.17) is 18.9 Å². The largest absolute Gasteiger partial charge is 0.497 e. The van der Waals surface area contributed by atoms with Gasteiger partial charge in [-0.05, 0) is 30.3 Å². The van der Waals surface area contributed by atoms with Gasteiger partial charge in [-0.2, -0.15) is 0 Å². The van der Waals surface area contributed by atoms with Crippen molar-refractivity contribution in [3.63, 3.8) is 0 Å². The molecule has 1 aliphatic heterocycles. The zero-order valence-corrected chi connectivity index (χ0v) is 15.5. The van der Waals surface area contributed by atoms with Crippen molar-refractivity contribution in [1.29, 1.82) is 0 Å². The number of amides is 1. The number of carbonyl (C=O) groups is 1. The van der Waals surface area contributed by atoms with Crippen LogP contribution in [0.4, 0.5) is 5.13 Å². The number of benzene rings is 2. The molecule has 27 heavy (non-hydrogen) atoms. The van der Waals surface area contributed by atoms with Crippen molar-refractivity contribution in [2.24, 2.45) is 0 Å². The molecular formula is C19H16N2O5S. The summed E-state index contributed by atoms with van der Waals surface area (Å²) in [7, 11) is 3.19. The Hall–Kier alpha value is -3.26. The maximum atomic E-state index is 12.5. The zero-order chi connectivity index (χ0) is 18.8. The Morgan fingerprint density at radius 3 is 2.78 bits per heavy atom. The molecule has 0 radical (unpaired) electrons. The summed E-state index contributed by atoms with van der Waals surface area (Å²) >= 11 is 1.34. The fourth-order valence-corrected chi connectivity index (χ4v) is 3.38. The molecule has 138 valence electrons. The molecule has 1 N–H and O–H groups in total. The number of anilines is 1. The highest BCUT2D eigenvalue weighted by atomic mass is 32.1. The van der Waals surface area contributed by atoms with Crippen molar-refractivity contribution in [1.82, 2.24) is 4.98 Å². The van der Waals surface area contributed by atoms with Gasteiger partial charge in [-0.1, -0.05) is 0 Å². The second-order valence-corrected chi connectivity index (χ2v) is 6.48. The Morgan fingerprint density at radius 2 is 1.96 bits per heavy atom. The number of nitrogens with zero attached hydrogens (tertiary/aromatic N) is 1. The van der Waals surface area contributed by atoms with E-state index >= 15 is 0 Å². The van der Waals surface area contributed by atoms with Crippen LogP contribution in [-0.4, -0.2) is 31.9 Å². The summed E-state index contributed by atoms with van der Waals surface area (Å²) in [6.45, 7) is 0.167. The second kappa shape index (κ2) is 7.16. The van der Waals surface area contributed by atoms with E-state index < -0.39 is 0 Å². The molecule has 2 heterocycles. The van der Waals surface area contributed by atoms with Crippen LogP contribution < -0.4 is 24.3 Å². The number of ether oxygens (including phenoxy) is 4. The molecule has 2 aromatic carbocycles. The van der Waals surface area contributed by atoms with Gasteiger partial charge in [-0.25, -0.2) is 4.98 Å². The van der Waals surface area contributed by atoms with Crippen LogP contribution in [0.3, 0.4) is 0 Å². The highest BCUT2D eigenvalue weighted by Crippen LogP contribution is 2.35. The first-order chi connectivity index (χ1) is 13.2. The molecule has 1 aromatic heterocycles. The van der Waals surface area contributed by atoms with Crippen LogP contribution in [-0.2, 0) is 0 Å². The molecule has 0 spiro atoms. The molecule has 3 aromatic rings. The number of nitrogens with one attached hydrogen (secondary N) is 1. The number of methoxy groups -OCH3 is 2. The summed E-state index contributed by atoms with van der Waals surface area (Å²) < 4.78 is 21.2. The Bertz CT molecular complexity index is 1000. The minimum Gasteiger partial charge on any atom is -0.497 e. The van der Waals surface area contributed by atoms with Gasteiger partial charge in [0.25, 0.3) is 5.91 Å². The van der Waals surface area contributed by atoms with E-state index in [0.29, 0.717) is 39.4 Å². The maximum absolute atomic E-state index is 12.5. The second-order valence-electron chi connectivity index (χ2n) is 5.63. The van der Waals surface area contributed by atoms with E-state index in [1.54, 1.807) is 38.5 Å². The smallest absolute Gasteiger partial charge is 0.257 e. The molecular weight excluding hydrogens is 368 g/mol. The molecule has 0 bridgehead atoms. The monoisotopic (exact) mass is 384 g/mol. The van der Waals surface area contributed by atoms with Gasteiger partial charge in [0.2, 0.25) is 6.79 Å². The predicted octanol–water partition coefficient (Wildman–Crippen LogP) is 3.81. The van der Waals surface area contributed by atoms with Crippen LogP contribution in [0.5, 0.6) is 23.0 Å². The van der Waals surface area contributed by atoms with Gasteiger partial charge in [0.05, 0.1) is 19.9 Å². The molecule has 0 aliphatic carbocycles. The first-order valence-electron chi connectivity index (χ1n) is 8.07. The summed E-state index contributed by atoms with van der Waals surface area (Å²) in [6, 6.07) is 10.5. The topological polar surface area (TPSA) is 78.9 Å². The van der Waals surface area contributed by atoms with Gasteiger partial charge in [0.15, 0.2) is 16.6 Å². The van der Waals surface area contributed by atoms with Gasteiger partial charge >= 0.3 is 0 Å². The lowest BCUT2D eigenvalue weighted by Crippen LogP contribution is -2.11. The first-order valence-corrected chi connectivity index (χ1v) is 8.95. The van der Waals surface area contributed by atoms with Crippen LogP contribution in [0.25, 0.3) is 11.3 Å². The Balaban J connectivity index is 1.54. The molecule has 7 nitrogen and oxygen atoms in total. The van der Waals surface area contributed by atoms with Crippen molar-refractivity contribution in [3.05, 3.63) is 47.3 Å². The van der Waals surface area contributed by atoms with Gasteiger partial charge < -0.3 is 18.9 Å². The lowest BCUT2D eigenvalue weighted by atomic mass is 10.1. The number of fused-ring (bicyclic) bond motifs is 1. The van der Waals surface area contributed by atoms with E-state index in [2.05, 4.69) is 10.3 Å². The van der Waals surface area contributed by atoms with E-state index in [1.165, 1.54) is 11.3 Å². The molecule has 1 aliphatic rings. The van der Waals surface area contributed by atoms with Crippen molar-refractivity contribution in [3.8, 4) is 34.3 Å². The van der Waals surface area contributed by atoms with Gasteiger partial charge in [0, 0.05) is 22.6 Å². The summed E-state index contributed by atoms with van der Waals surface area (Å²) in [4.78, 5) is 17.0. The van der Waals surface area contributed by atoms with Crippen molar-refractivity contribution in [2.45, 2.75) is 0 Å². The number of aromatic nitrogens is 1. The minimum absolute atomic E-state index is 0.167. The average Bonchev–Trinajstić information content (AvgIpc) is 3.36. The number of rotatable bonds is 5. The summed E-state index contributed by atoms with van der Waals surface area (Å²) in [5.74, 6) is 2.27. The van der Waals surface area contributed by atoms with E-state index in [0.717, 1.165) is 5.56 Å². The van der Waals surface area contributed by atoms with Gasteiger partial charge in [-0.3, -0.25) is 10.1 Å². The predicted molar refractivity (Wildman–Crippen MR) is 101 cm³/mol. The average molecular weight is 384 g/mol. The number of thiazole rings is 1. The third kappa shape index (κ3) is 3.39. The Morgan fingerprint density at radius 1 is 1.11 bits per heavy atom. The van der Waals surface area contributed by atoms with Crippen molar-refractivity contribution < 1.29 is 23.7 Å². The van der Waals surface area contributed by atoms with Gasteiger partial charge in [0.1, 0.15) is 11.5 Å². The minimum atomic E-state index is -0.268. The van der Waals surface area contributed by atoms with E-state index in [-0.39, 0.29) is 12.7 Å². The van der Waals surface area contributed by atoms with Crippen molar-refractivity contribution >= 4 is 22.4 Å². The lowest BCUT2D eigenvalue weighted by molar-refractivity contribution is 0.102. The summed E-state index contributed by atoms with van der Waals surface area (Å²) in [5, 5.41) is 5.16. The third-order valence-corrected chi connectivity index (χ3v) is 4.80. The Kier molecular flexibility index (Phi) is 4.55. The van der Waals surface area contributed by atoms with Crippen LogP contribution in [0.15, 0.2) is 41.8 Å². The number of carbonyl (C=O) groups excluding carboxylic acids is 1. The molecule has 0 unspecified atom stereocenters. The zero-order valence-electron chi connectivity index (χ0n) is 14.6. The molecule has 1 amide bonds. The number of hydrogen-bond donors (Lipinski definition) is 1. The first kappa shape index (κ1) is 17.2. The highest BCUT2D eigenvalue weighted by Gasteiger charge is 2.17. The van der Waals surface area contributed by atoms with Crippen LogP contribution in [0.2, 0.25) is 0 Å². The fourth-order valence-electron chi connectivity index (χ4n) is 2.67. The molecule has 0 saturated carbocycles. The van der Waals surface area contributed by atoms with E-state index in [9.17, 15) is 4.79 Å². The van der Waals surface area contributed by atoms with E-state index in [1.807, 2.05) is 17.5 Å². The molecule has 0 atom stereocenters.